The van der Waals surface area contributed by atoms with Crippen LogP contribution in [0.5, 0.6) is 0 Å². The van der Waals surface area contributed by atoms with Crippen molar-refractivity contribution in [2.45, 2.75) is 52.0 Å². The molecule has 1 aliphatic heterocycles. The first-order valence-electron chi connectivity index (χ1n) is 7.74. The number of amides is 2. The molecule has 2 atom stereocenters. The summed E-state index contributed by atoms with van der Waals surface area (Å²) in [6.45, 7) is 5.81. The fourth-order valence-electron chi connectivity index (χ4n) is 3.53. The number of nitrogens with one attached hydrogen (secondary N) is 1. The normalized spacial score (nSPS) is 34.0. The molecule has 2 N–H and O–H groups in total. The van der Waals surface area contributed by atoms with Gasteiger partial charge in [0, 0.05) is 19.1 Å². The number of urea groups is 1. The Labute approximate surface area is 120 Å². The van der Waals surface area contributed by atoms with Gasteiger partial charge in [-0.1, -0.05) is 6.92 Å². The summed E-state index contributed by atoms with van der Waals surface area (Å²) in [6.07, 6.45) is 4.38. The maximum absolute atomic E-state index is 12.1. The first kappa shape index (κ1) is 15.1. The van der Waals surface area contributed by atoms with E-state index in [1.807, 2.05) is 4.90 Å². The average molecular weight is 282 g/mol. The number of nitrogens with zero attached hydrogens (tertiary/aromatic N) is 1. The van der Waals surface area contributed by atoms with Gasteiger partial charge in [0.1, 0.15) is 0 Å². The fourth-order valence-corrected chi connectivity index (χ4v) is 3.53. The van der Waals surface area contributed by atoms with Crippen molar-refractivity contribution >= 4 is 12.0 Å². The third-order valence-corrected chi connectivity index (χ3v) is 4.78. The van der Waals surface area contributed by atoms with Crippen LogP contribution in [0.25, 0.3) is 0 Å². The Morgan fingerprint density at radius 2 is 1.85 bits per heavy atom. The molecule has 5 nitrogen and oxygen atoms in total. The quantitative estimate of drug-likeness (QED) is 0.834. The molecule has 2 amide bonds. The van der Waals surface area contributed by atoms with Crippen LogP contribution in [-0.2, 0) is 4.79 Å². The van der Waals surface area contributed by atoms with Crippen LogP contribution in [0.15, 0.2) is 0 Å². The number of carbonyl (C=O) groups is 2. The van der Waals surface area contributed by atoms with Crippen LogP contribution in [-0.4, -0.2) is 41.1 Å². The monoisotopic (exact) mass is 282 g/mol. The maximum atomic E-state index is 12.1. The summed E-state index contributed by atoms with van der Waals surface area (Å²) in [6, 6.07) is 0.370. The molecule has 2 aliphatic rings. The molecule has 1 heterocycles. The standard InChI is InChI=1S/C15H26N2O3/c1-10-7-11(2)17(9-10)15(20)16-8-12-3-5-13(6-4-12)14(18)19/h10-13H,3-9H2,1-2H3,(H,16,20)(H,18,19). The number of carboxylic acids is 1. The molecule has 5 heteroatoms. The number of carbonyl (C=O) groups excluding carboxylic acids is 1. The number of hydrogen-bond acceptors (Lipinski definition) is 2. The molecule has 1 aliphatic carbocycles. The third kappa shape index (κ3) is 3.64. The van der Waals surface area contributed by atoms with Crippen LogP contribution in [0.3, 0.4) is 0 Å². The topological polar surface area (TPSA) is 69.6 Å². The Kier molecular flexibility index (Phi) is 4.89. The van der Waals surface area contributed by atoms with E-state index in [0.717, 1.165) is 38.6 Å². The summed E-state index contributed by atoms with van der Waals surface area (Å²) in [5.74, 6) is 0.167. The Morgan fingerprint density at radius 3 is 2.35 bits per heavy atom. The lowest BCUT2D eigenvalue weighted by Gasteiger charge is -2.28. The molecule has 2 rings (SSSR count). The number of likely N-dealkylation sites (tertiary alicyclic amines) is 1. The molecule has 1 saturated carbocycles. The predicted octanol–water partition coefficient (Wildman–Crippen LogP) is 2.32. The molecule has 0 aromatic rings. The molecule has 0 radical (unpaired) electrons. The second-order valence-corrected chi connectivity index (χ2v) is 6.58. The first-order chi connectivity index (χ1) is 9.47. The smallest absolute Gasteiger partial charge is 0.317 e. The minimum Gasteiger partial charge on any atom is -0.481 e. The Balaban J connectivity index is 1.71. The number of hydrogen-bond donors (Lipinski definition) is 2. The van der Waals surface area contributed by atoms with Crippen molar-refractivity contribution in [3.8, 4) is 0 Å². The Hall–Kier alpha value is -1.26. The van der Waals surface area contributed by atoms with Gasteiger partial charge in [-0.25, -0.2) is 4.79 Å². The summed E-state index contributed by atoms with van der Waals surface area (Å²) < 4.78 is 0. The van der Waals surface area contributed by atoms with Crippen LogP contribution in [0.1, 0.15) is 46.0 Å². The summed E-state index contributed by atoms with van der Waals surface area (Å²) in [5.41, 5.74) is 0. The lowest BCUT2D eigenvalue weighted by Crippen LogP contribution is -2.44. The van der Waals surface area contributed by atoms with Gasteiger partial charge in [-0.05, 0) is 50.9 Å². The molecule has 114 valence electrons. The molecule has 20 heavy (non-hydrogen) atoms. The van der Waals surface area contributed by atoms with E-state index in [1.165, 1.54) is 0 Å². The highest BCUT2D eigenvalue weighted by atomic mass is 16.4. The minimum absolute atomic E-state index is 0.0437. The van der Waals surface area contributed by atoms with Gasteiger partial charge in [0.15, 0.2) is 0 Å². The Bertz CT molecular complexity index is 364. The lowest BCUT2D eigenvalue weighted by molar-refractivity contribution is -0.143. The Morgan fingerprint density at radius 1 is 1.20 bits per heavy atom. The minimum atomic E-state index is -0.674. The number of rotatable bonds is 3. The van der Waals surface area contributed by atoms with Gasteiger partial charge in [-0.2, -0.15) is 0 Å². The maximum Gasteiger partial charge on any atom is 0.317 e. The van der Waals surface area contributed by atoms with Gasteiger partial charge in [-0.3, -0.25) is 4.79 Å². The van der Waals surface area contributed by atoms with E-state index in [9.17, 15) is 9.59 Å². The third-order valence-electron chi connectivity index (χ3n) is 4.78. The van der Waals surface area contributed by atoms with Crippen molar-refractivity contribution in [3.63, 3.8) is 0 Å². The van der Waals surface area contributed by atoms with E-state index >= 15 is 0 Å². The van der Waals surface area contributed by atoms with E-state index in [4.69, 9.17) is 5.11 Å². The predicted molar refractivity (Wildman–Crippen MR) is 76.4 cm³/mol. The van der Waals surface area contributed by atoms with Gasteiger partial charge in [-0.15, -0.1) is 0 Å². The van der Waals surface area contributed by atoms with E-state index in [-0.39, 0.29) is 11.9 Å². The summed E-state index contributed by atoms with van der Waals surface area (Å²) in [4.78, 5) is 25.0. The number of aliphatic carboxylic acids is 1. The zero-order valence-electron chi connectivity index (χ0n) is 12.5. The second-order valence-electron chi connectivity index (χ2n) is 6.58. The molecular formula is C15H26N2O3. The first-order valence-corrected chi connectivity index (χ1v) is 7.74. The molecule has 2 unspecified atom stereocenters. The SMILES string of the molecule is CC1CC(C)N(C(=O)NCC2CCC(C(=O)O)CC2)C1. The van der Waals surface area contributed by atoms with Crippen molar-refractivity contribution in [1.29, 1.82) is 0 Å². The number of carboxylic acid groups (broad SMARTS) is 1. The highest BCUT2D eigenvalue weighted by Crippen LogP contribution is 2.28. The molecular weight excluding hydrogens is 256 g/mol. The zero-order chi connectivity index (χ0) is 14.7. The van der Waals surface area contributed by atoms with E-state index in [2.05, 4.69) is 19.2 Å². The lowest BCUT2D eigenvalue weighted by atomic mass is 9.82. The van der Waals surface area contributed by atoms with E-state index < -0.39 is 5.97 Å². The van der Waals surface area contributed by atoms with Crippen molar-refractivity contribution in [2.24, 2.45) is 17.8 Å². The van der Waals surface area contributed by atoms with Crippen LogP contribution in [0.4, 0.5) is 4.79 Å². The van der Waals surface area contributed by atoms with E-state index in [0.29, 0.717) is 24.4 Å². The highest BCUT2D eigenvalue weighted by Gasteiger charge is 2.31. The molecule has 1 saturated heterocycles. The summed E-state index contributed by atoms with van der Waals surface area (Å²) in [5, 5.41) is 12.0. The van der Waals surface area contributed by atoms with E-state index in [1.54, 1.807) is 0 Å². The summed E-state index contributed by atoms with van der Waals surface area (Å²) >= 11 is 0. The van der Waals surface area contributed by atoms with Crippen LogP contribution in [0, 0.1) is 17.8 Å². The van der Waals surface area contributed by atoms with Crippen LogP contribution in [0.2, 0.25) is 0 Å². The second kappa shape index (κ2) is 6.46. The molecule has 2 fully saturated rings. The molecule has 0 aromatic carbocycles. The fraction of sp³-hybridized carbons (Fsp3) is 0.867. The molecule has 0 spiro atoms. The van der Waals surface area contributed by atoms with Crippen molar-refractivity contribution in [1.82, 2.24) is 10.2 Å². The summed E-state index contributed by atoms with van der Waals surface area (Å²) in [7, 11) is 0. The van der Waals surface area contributed by atoms with Gasteiger partial charge in [0.05, 0.1) is 5.92 Å². The zero-order valence-corrected chi connectivity index (χ0v) is 12.5. The average Bonchev–Trinajstić information content (AvgIpc) is 2.75. The largest absolute Gasteiger partial charge is 0.481 e. The van der Waals surface area contributed by atoms with Crippen LogP contribution < -0.4 is 5.32 Å². The molecule has 0 bridgehead atoms. The highest BCUT2D eigenvalue weighted by molar-refractivity contribution is 5.74. The van der Waals surface area contributed by atoms with Gasteiger partial charge < -0.3 is 15.3 Å². The van der Waals surface area contributed by atoms with Gasteiger partial charge >= 0.3 is 12.0 Å². The van der Waals surface area contributed by atoms with Crippen molar-refractivity contribution < 1.29 is 14.7 Å². The van der Waals surface area contributed by atoms with Gasteiger partial charge in [0.2, 0.25) is 0 Å². The van der Waals surface area contributed by atoms with Crippen molar-refractivity contribution in [3.05, 3.63) is 0 Å². The van der Waals surface area contributed by atoms with Crippen molar-refractivity contribution in [2.75, 3.05) is 13.1 Å². The van der Waals surface area contributed by atoms with Gasteiger partial charge in [0.25, 0.3) is 0 Å². The molecule has 0 aromatic heterocycles. The van der Waals surface area contributed by atoms with Crippen LogP contribution >= 0.6 is 0 Å².